The van der Waals surface area contributed by atoms with E-state index in [2.05, 4.69) is 0 Å². The van der Waals surface area contributed by atoms with Gasteiger partial charge in [0.25, 0.3) is 0 Å². The van der Waals surface area contributed by atoms with Gasteiger partial charge in [0.15, 0.2) is 11.6 Å². The summed E-state index contributed by atoms with van der Waals surface area (Å²) in [5.41, 5.74) is 2.74. The number of ketones is 2. The lowest BCUT2D eigenvalue weighted by atomic mass is 9.77. The van der Waals surface area contributed by atoms with E-state index in [1.807, 2.05) is 24.5 Å². The third kappa shape index (κ3) is 3.49. The number of carbonyl (C=O) groups is 2. The maximum Gasteiger partial charge on any atom is 0.191 e. The maximum absolute atomic E-state index is 13.6. The highest BCUT2D eigenvalue weighted by molar-refractivity contribution is 8.23. The van der Waals surface area contributed by atoms with Crippen LogP contribution in [-0.2, 0) is 4.79 Å². The summed E-state index contributed by atoms with van der Waals surface area (Å²) in [4.78, 5) is 27.5. The van der Waals surface area contributed by atoms with Crippen LogP contribution in [0.5, 0.6) is 0 Å². The molecule has 1 aliphatic carbocycles. The number of halogens is 1. The fourth-order valence-electron chi connectivity index (χ4n) is 3.80. The van der Waals surface area contributed by atoms with Crippen molar-refractivity contribution in [3.05, 3.63) is 91.8 Å². The minimum Gasteiger partial charge on any atom is -0.294 e. The van der Waals surface area contributed by atoms with Gasteiger partial charge in [-0.25, -0.2) is 4.39 Å². The van der Waals surface area contributed by atoms with Crippen LogP contribution in [-0.4, -0.2) is 17.8 Å². The summed E-state index contributed by atoms with van der Waals surface area (Å²) in [5, 5.41) is 0. The van der Waals surface area contributed by atoms with Crippen molar-refractivity contribution in [1.29, 1.82) is 0 Å². The largest absolute Gasteiger partial charge is 0.294 e. The molecule has 0 fully saturated rings. The molecule has 1 unspecified atom stereocenters. The molecule has 0 radical (unpaired) electrons. The van der Waals surface area contributed by atoms with Crippen LogP contribution in [0.1, 0.15) is 41.1 Å². The molecule has 4 rings (SSSR count). The Labute approximate surface area is 172 Å². The first-order valence-electron chi connectivity index (χ1n) is 9.17. The van der Waals surface area contributed by atoms with E-state index in [1.54, 1.807) is 36.0 Å². The zero-order valence-corrected chi connectivity index (χ0v) is 17.0. The van der Waals surface area contributed by atoms with Gasteiger partial charge >= 0.3 is 0 Å². The summed E-state index contributed by atoms with van der Waals surface area (Å²) in [6.07, 6.45) is 4.14. The minimum atomic E-state index is -0.445. The van der Waals surface area contributed by atoms with Crippen LogP contribution in [0.2, 0.25) is 0 Å². The molecule has 2 nitrogen and oxygen atoms in total. The monoisotopic (exact) mass is 410 g/mol. The van der Waals surface area contributed by atoms with Crippen LogP contribution in [0.3, 0.4) is 0 Å². The highest BCUT2D eigenvalue weighted by atomic mass is 32.2. The Hall–Kier alpha value is -2.11. The molecular formula is C23H19FO2S2. The van der Waals surface area contributed by atoms with E-state index in [9.17, 15) is 14.0 Å². The molecule has 2 aromatic carbocycles. The Balaban J connectivity index is 1.91. The van der Waals surface area contributed by atoms with Gasteiger partial charge in [-0.15, -0.1) is 11.8 Å². The van der Waals surface area contributed by atoms with Gasteiger partial charge in [0.05, 0.1) is 4.24 Å². The molecule has 1 heterocycles. The topological polar surface area (TPSA) is 34.1 Å². The van der Waals surface area contributed by atoms with E-state index in [4.69, 9.17) is 0 Å². The number of rotatable bonds is 4. The van der Waals surface area contributed by atoms with Crippen LogP contribution in [0.15, 0.2) is 74.9 Å². The third-order valence-corrected chi connectivity index (χ3v) is 7.51. The van der Waals surface area contributed by atoms with Gasteiger partial charge in [-0.3, -0.25) is 9.59 Å². The van der Waals surface area contributed by atoms with Crippen LogP contribution in [0.25, 0.3) is 0 Å². The van der Waals surface area contributed by atoms with Gasteiger partial charge < -0.3 is 0 Å². The van der Waals surface area contributed by atoms with Crippen molar-refractivity contribution in [2.24, 2.45) is 0 Å². The normalized spacial score (nSPS) is 19.6. The molecule has 2 aliphatic rings. The lowest BCUT2D eigenvalue weighted by molar-refractivity contribution is -0.116. The number of thioether (sulfide) groups is 2. The predicted molar refractivity (Wildman–Crippen MR) is 114 cm³/mol. The van der Waals surface area contributed by atoms with Crippen LogP contribution in [0, 0.1) is 5.82 Å². The molecule has 0 saturated carbocycles. The van der Waals surface area contributed by atoms with Crippen molar-refractivity contribution in [3.8, 4) is 0 Å². The Bertz CT molecular complexity index is 991. The molecule has 5 heteroatoms. The molecule has 1 aliphatic heterocycles. The van der Waals surface area contributed by atoms with Crippen molar-refractivity contribution in [2.45, 2.75) is 25.2 Å². The first-order valence-corrected chi connectivity index (χ1v) is 11.2. The number of allylic oxidation sites excluding steroid dienone is 3. The van der Waals surface area contributed by atoms with Crippen molar-refractivity contribution >= 4 is 35.1 Å². The Morgan fingerprint density at radius 3 is 2.46 bits per heavy atom. The highest BCUT2D eigenvalue weighted by Gasteiger charge is 2.39. The van der Waals surface area contributed by atoms with E-state index < -0.39 is 5.92 Å². The van der Waals surface area contributed by atoms with Gasteiger partial charge in [-0.1, -0.05) is 54.2 Å². The zero-order chi connectivity index (χ0) is 19.7. The summed E-state index contributed by atoms with van der Waals surface area (Å²) >= 11 is 3.10. The summed E-state index contributed by atoms with van der Waals surface area (Å²) in [6.45, 7) is 0. The van der Waals surface area contributed by atoms with Gasteiger partial charge in [0.1, 0.15) is 5.82 Å². The summed E-state index contributed by atoms with van der Waals surface area (Å²) in [7, 11) is 0. The lowest BCUT2D eigenvalue weighted by Gasteiger charge is -2.33. The van der Waals surface area contributed by atoms with Gasteiger partial charge in [-0.2, -0.15) is 0 Å². The summed E-state index contributed by atoms with van der Waals surface area (Å²) in [6, 6.07) is 15.3. The van der Waals surface area contributed by atoms with Crippen LogP contribution < -0.4 is 0 Å². The first kappa shape index (κ1) is 19.2. The maximum atomic E-state index is 13.6. The Kier molecular flexibility index (Phi) is 5.56. The second-order valence-corrected chi connectivity index (χ2v) is 8.98. The molecule has 2 aromatic rings. The fourth-order valence-corrected chi connectivity index (χ4v) is 6.00. The van der Waals surface area contributed by atoms with Gasteiger partial charge in [-0.05, 0) is 41.7 Å². The second kappa shape index (κ2) is 8.10. The molecule has 0 spiro atoms. The van der Waals surface area contributed by atoms with E-state index in [-0.39, 0.29) is 17.4 Å². The standard InChI is InChI=1S/C23H19FO2S2/c1-27-23-21(22(26)15-6-3-2-4-7-15)19(14-10-12-16(24)13-11-14)20-17(25)8-5-9-18(20)28-23/h2-4,6-7,10-13,19H,5,8-9H2,1H3. The van der Waals surface area contributed by atoms with E-state index in [0.717, 1.165) is 33.1 Å². The fraction of sp³-hybridized carbons (Fsp3) is 0.217. The van der Waals surface area contributed by atoms with E-state index in [1.165, 1.54) is 23.9 Å². The zero-order valence-electron chi connectivity index (χ0n) is 15.4. The molecule has 0 N–H and O–H groups in total. The average molecular weight is 411 g/mol. The number of hydrogen-bond acceptors (Lipinski definition) is 4. The number of Topliss-reactive ketones (excluding diaryl/α,β-unsaturated/α-hetero) is 2. The summed E-state index contributed by atoms with van der Waals surface area (Å²) < 4.78 is 14.5. The SMILES string of the molecule is CSC1=C(C(=O)c2ccccc2)C(c2ccc(F)cc2)C2=C(CCCC2=O)S1. The number of benzene rings is 2. The molecular weight excluding hydrogens is 391 g/mol. The molecule has 0 aromatic heterocycles. The molecule has 0 saturated heterocycles. The minimum absolute atomic E-state index is 0.0725. The van der Waals surface area contributed by atoms with Crippen molar-refractivity contribution in [2.75, 3.05) is 6.26 Å². The lowest BCUT2D eigenvalue weighted by Crippen LogP contribution is -2.25. The van der Waals surface area contributed by atoms with Gasteiger partial charge in [0.2, 0.25) is 0 Å². The number of hydrogen-bond donors (Lipinski definition) is 0. The first-order chi connectivity index (χ1) is 13.6. The smallest absolute Gasteiger partial charge is 0.191 e. The quantitative estimate of drug-likeness (QED) is 0.569. The molecule has 0 amide bonds. The predicted octanol–water partition coefficient (Wildman–Crippen LogP) is 6.12. The van der Waals surface area contributed by atoms with Crippen LogP contribution >= 0.6 is 23.5 Å². The van der Waals surface area contributed by atoms with Crippen molar-refractivity contribution < 1.29 is 14.0 Å². The van der Waals surface area contributed by atoms with Crippen molar-refractivity contribution in [3.63, 3.8) is 0 Å². The number of carbonyl (C=O) groups excluding carboxylic acids is 2. The summed E-state index contributed by atoms with van der Waals surface area (Å²) in [5.74, 6) is -0.749. The van der Waals surface area contributed by atoms with Crippen LogP contribution in [0.4, 0.5) is 4.39 Å². The van der Waals surface area contributed by atoms with E-state index >= 15 is 0 Å². The molecule has 0 bridgehead atoms. The third-order valence-electron chi connectivity index (χ3n) is 5.09. The Morgan fingerprint density at radius 2 is 1.79 bits per heavy atom. The van der Waals surface area contributed by atoms with Gasteiger partial charge in [0, 0.05) is 29.0 Å². The molecule has 142 valence electrons. The van der Waals surface area contributed by atoms with E-state index in [0.29, 0.717) is 17.6 Å². The molecule has 1 atom stereocenters. The highest BCUT2D eigenvalue weighted by Crippen LogP contribution is 2.53. The average Bonchev–Trinajstić information content (AvgIpc) is 2.73. The molecule has 28 heavy (non-hydrogen) atoms. The Morgan fingerprint density at radius 1 is 1.07 bits per heavy atom. The van der Waals surface area contributed by atoms with Crippen molar-refractivity contribution in [1.82, 2.24) is 0 Å². The second-order valence-electron chi connectivity index (χ2n) is 6.80.